The van der Waals surface area contributed by atoms with Crippen molar-refractivity contribution in [1.29, 1.82) is 0 Å². The lowest BCUT2D eigenvalue weighted by atomic mass is 9.95. The third kappa shape index (κ3) is 6.34. The maximum Gasteiger partial charge on any atom is 0.322 e. The second-order valence-electron chi connectivity index (χ2n) is 12.0. The molecular formula is C27H36N12O7S. The third-order valence-corrected chi connectivity index (χ3v) is 9.35. The lowest BCUT2D eigenvalue weighted by molar-refractivity contribution is -0.147. The summed E-state index contributed by atoms with van der Waals surface area (Å²) >= 11 is 1.46. The van der Waals surface area contributed by atoms with Gasteiger partial charge in [0.1, 0.15) is 29.5 Å². The molecule has 2 saturated heterocycles. The fourth-order valence-electron chi connectivity index (χ4n) is 5.85. The van der Waals surface area contributed by atoms with E-state index in [0.29, 0.717) is 48.0 Å². The average Bonchev–Trinajstić information content (AvgIpc) is 3.56. The number of carboxylic acid groups (broad SMARTS) is 1. The molecule has 19 nitrogen and oxygen atoms in total. The Morgan fingerprint density at radius 3 is 2.77 bits per heavy atom. The van der Waals surface area contributed by atoms with Gasteiger partial charge in [-0.15, -0.1) is 0 Å². The quantitative estimate of drug-likeness (QED) is 0.115. The maximum absolute atomic E-state index is 13.3. The number of carbonyl (C=O) groups excluding carboxylic acids is 1. The van der Waals surface area contributed by atoms with Crippen LogP contribution in [0.3, 0.4) is 0 Å². The van der Waals surface area contributed by atoms with Crippen molar-refractivity contribution in [3.8, 4) is 0 Å². The van der Waals surface area contributed by atoms with Gasteiger partial charge in [0.05, 0.1) is 23.7 Å². The molecule has 0 radical (unpaired) electrons. The number of aliphatic imine (C=N–C) groups is 1. The first-order valence-electron chi connectivity index (χ1n) is 14.8. The Bertz CT molecular complexity index is 1780. The van der Waals surface area contributed by atoms with E-state index >= 15 is 0 Å². The summed E-state index contributed by atoms with van der Waals surface area (Å²) in [5.74, 6) is -0.682. The van der Waals surface area contributed by atoms with E-state index in [2.05, 4.69) is 35.7 Å². The minimum atomic E-state index is -1.22. The molecule has 0 saturated carbocycles. The average molecular weight is 673 g/mol. The number of aromatic amines is 1. The minimum Gasteiger partial charge on any atom is -0.480 e. The van der Waals surface area contributed by atoms with Crippen molar-refractivity contribution in [2.75, 3.05) is 54.5 Å². The molecule has 2 unspecified atom stereocenters. The van der Waals surface area contributed by atoms with Crippen LogP contribution in [0, 0.1) is 0 Å². The summed E-state index contributed by atoms with van der Waals surface area (Å²) in [4.78, 5) is 58.9. The van der Waals surface area contributed by atoms with Gasteiger partial charge in [-0.3, -0.25) is 34.3 Å². The molecule has 3 aliphatic rings. The standard InChI is InChI=1S/C27H36N12O7S/c1-27(2)19(32-16-20(35-27)33-26(29)34-22(16)42)23(43)36-38-6-5-37(13(9-38)25(44)45)7-8-47-10-14-17(40)18(41)24(46-14)39-11-31-15-12(28)3-4-30-21(15)39/h3-4,11,13-14,17-18,24,40-41H,5-10H2,1-2H3,(H2,28,30)(H,36,43)(H,44,45)(H4,29,33,34,35,42)/t13?,14-,17?,18+,24-/m1/s1. The molecular weight excluding hydrogens is 636 g/mol. The van der Waals surface area contributed by atoms with Crippen molar-refractivity contribution in [3.63, 3.8) is 0 Å². The molecule has 252 valence electrons. The SMILES string of the molecule is CC1(C)Nc2nc(N)[nH]c(=O)c2N=C1C(=O)NN1CCN(CCSC[C@H]2O[C@@H](n3cnc4c(N)ccnc43)[C@@H](O)C2O)C(C(=O)O)C1. The molecule has 10 N–H and O–H groups in total. The van der Waals surface area contributed by atoms with Crippen molar-refractivity contribution >= 4 is 63.7 Å². The normalized spacial score (nSPS) is 26.0. The molecule has 6 rings (SSSR count). The van der Waals surface area contributed by atoms with Crippen molar-refractivity contribution < 1.29 is 29.6 Å². The molecule has 2 fully saturated rings. The summed E-state index contributed by atoms with van der Waals surface area (Å²) in [6.07, 6.45) is -0.958. The molecule has 20 heteroatoms. The number of aromatic nitrogens is 5. The van der Waals surface area contributed by atoms with E-state index in [1.54, 1.807) is 24.5 Å². The van der Waals surface area contributed by atoms with Gasteiger partial charge in [-0.1, -0.05) is 0 Å². The van der Waals surface area contributed by atoms with E-state index in [1.807, 2.05) is 4.90 Å². The number of nitrogen functional groups attached to an aromatic ring is 2. The highest BCUT2D eigenvalue weighted by Gasteiger charge is 2.44. The van der Waals surface area contributed by atoms with Crippen LogP contribution in [0.4, 0.5) is 23.1 Å². The number of pyridine rings is 1. The smallest absolute Gasteiger partial charge is 0.322 e. The van der Waals surface area contributed by atoms with E-state index in [4.69, 9.17) is 16.2 Å². The number of piperazine rings is 1. The van der Waals surface area contributed by atoms with Gasteiger partial charge in [-0.05, 0) is 19.9 Å². The predicted octanol–water partition coefficient (Wildman–Crippen LogP) is -1.89. The highest BCUT2D eigenvalue weighted by Crippen LogP contribution is 2.34. The number of hydrogen-bond acceptors (Lipinski definition) is 16. The number of aliphatic hydroxyl groups excluding tert-OH is 2. The van der Waals surface area contributed by atoms with Gasteiger partial charge in [-0.2, -0.15) is 16.7 Å². The summed E-state index contributed by atoms with van der Waals surface area (Å²) in [5.41, 5.74) is 14.0. The van der Waals surface area contributed by atoms with Crippen molar-refractivity contribution in [3.05, 3.63) is 28.9 Å². The molecule has 3 aliphatic heterocycles. The molecule has 6 heterocycles. The number of fused-ring (bicyclic) bond motifs is 2. The van der Waals surface area contributed by atoms with Crippen LogP contribution in [-0.2, 0) is 14.3 Å². The number of H-pyrrole nitrogens is 1. The number of carbonyl (C=O) groups is 2. The molecule has 3 aromatic rings. The van der Waals surface area contributed by atoms with Gasteiger partial charge in [0.15, 0.2) is 23.4 Å². The van der Waals surface area contributed by atoms with E-state index in [9.17, 15) is 29.7 Å². The van der Waals surface area contributed by atoms with Crippen molar-refractivity contribution in [2.24, 2.45) is 4.99 Å². The Hall–Kier alpha value is -4.34. The lowest BCUT2D eigenvalue weighted by Gasteiger charge is -2.40. The third-order valence-electron chi connectivity index (χ3n) is 8.32. The highest BCUT2D eigenvalue weighted by molar-refractivity contribution is 7.99. The van der Waals surface area contributed by atoms with Crippen LogP contribution in [0.15, 0.2) is 28.4 Å². The van der Waals surface area contributed by atoms with Crippen LogP contribution in [0.1, 0.15) is 20.1 Å². The highest BCUT2D eigenvalue weighted by atomic mass is 32.2. The molecule has 47 heavy (non-hydrogen) atoms. The Kier molecular flexibility index (Phi) is 8.80. The number of rotatable bonds is 9. The molecule has 1 amide bonds. The first-order valence-corrected chi connectivity index (χ1v) is 16.0. The molecule has 0 spiro atoms. The minimum absolute atomic E-state index is 0.0118. The van der Waals surface area contributed by atoms with Crippen LogP contribution >= 0.6 is 11.8 Å². The Labute approximate surface area is 271 Å². The Balaban J connectivity index is 1.02. The largest absolute Gasteiger partial charge is 0.480 e. The van der Waals surface area contributed by atoms with Crippen LogP contribution in [0.25, 0.3) is 11.2 Å². The summed E-state index contributed by atoms with van der Waals surface area (Å²) in [7, 11) is 0. The zero-order valence-electron chi connectivity index (χ0n) is 25.5. The monoisotopic (exact) mass is 672 g/mol. The fraction of sp³-hybridized carbons (Fsp3) is 0.519. The molecule has 5 atom stereocenters. The first kappa shape index (κ1) is 32.6. The fourth-order valence-corrected chi connectivity index (χ4v) is 6.89. The summed E-state index contributed by atoms with van der Waals surface area (Å²) < 4.78 is 7.55. The zero-order valence-corrected chi connectivity index (χ0v) is 26.3. The molecule has 0 aromatic carbocycles. The van der Waals surface area contributed by atoms with Crippen LogP contribution in [0.2, 0.25) is 0 Å². The number of thioether (sulfide) groups is 1. The maximum atomic E-state index is 13.3. The predicted molar refractivity (Wildman–Crippen MR) is 172 cm³/mol. The molecule has 0 bridgehead atoms. The summed E-state index contributed by atoms with van der Waals surface area (Å²) in [6.45, 7) is 4.53. The zero-order chi connectivity index (χ0) is 33.6. The number of carboxylic acids is 1. The van der Waals surface area contributed by atoms with E-state index in [1.165, 1.54) is 29.3 Å². The topological polar surface area (TPSA) is 275 Å². The number of nitrogens with zero attached hydrogens (tertiary/aromatic N) is 7. The second-order valence-corrected chi connectivity index (χ2v) is 13.1. The number of hydrazine groups is 1. The number of amides is 1. The number of nitrogens with one attached hydrogen (secondary N) is 3. The number of ether oxygens (including phenoxy) is 1. The van der Waals surface area contributed by atoms with Gasteiger partial charge in [0.25, 0.3) is 11.5 Å². The Morgan fingerprint density at radius 1 is 1.21 bits per heavy atom. The van der Waals surface area contributed by atoms with E-state index in [0.717, 1.165) is 0 Å². The van der Waals surface area contributed by atoms with E-state index < -0.39 is 53.6 Å². The van der Waals surface area contributed by atoms with Crippen LogP contribution in [-0.4, -0.2) is 135 Å². The van der Waals surface area contributed by atoms with Crippen molar-refractivity contribution in [1.82, 2.24) is 39.8 Å². The van der Waals surface area contributed by atoms with Gasteiger partial charge >= 0.3 is 5.97 Å². The van der Waals surface area contributed by atoms with Gasteiger partial charge in [0, 0.05) is 43.9 Å². The Morgan fingerprint density at radius 2 is 2.00 bits per heavy atom. The molecule has 3 aromatic heterocycles. The van der Waals surface area contributed by atoms with Crippen LogP contribution in [0.5, 0.6) is 0 Å². The summed E-state index contributed by atoms with van der Waals surface area (Å²) in [5, 5.41) is 35.9. The van der Waals surface area contributed by atoms with Gasteiger partial charge < -0.3 is 36.8 Å². The van der Waals surface area contributed by atoms with E-state index in [-0.39, 0.29) is 29.7 Å². The number of nitrogens with two attached hydrogens (primary N) is 2. The number of aliphatic hydroxyl groups is 2. The lowest BCUT2D eigenvalue weighted by Crippen LogP contribution is -2.63. The number of hydrogen-bond donors (Lipinski definition) is 8. The number of anilines is 3. The first-order chi connectivity index (χ1) is 22.3. The van der Waals surface area contributed by atoms with Gasteiger partial charge in [0.2, 0.25) is 5.95 Å². The van der Waals surface area contributed by atoms with Gasteiger partial charge in [-0.25, -0.2) is 20.0 Å². The van der Waals surface area contributed by atoms with Crippen molar-refractivity contribution in [2.45, 2.75) is 50.0 Å². The second kappa shape index (κ2) is 12.7. The summed E-state index contributed by atoms with van der Waals surface area (Å²) in [6, 6.07) is 0.711. The number of aliphatic carboxylic acids is 1. The molecule has 0 aliphatic carbocycles. The van der Waals surface area contributed by atoms with Crippen LogP contribution < -0.4 is 27.8 Å². The number of imidazole rings is 1.